The molecule has 0 unspecified atom stereocenters. The molecule has 2 N–H and O–H groups in total. The Morgan fingerprint density at radius 1 is 1.13 bits per heavy atom. The fourth-order valence-electron chi connectivity index (χ4n) is 5.69. The topological polar surface area (TPSA) is 40.4 Å². The van der Waals surface area contributed by atoms with Gasteiger partial charge in [-0.05, 0) is 48.6 Å². The van der Waals surface area contributed by atoms with Gasteiger partial charge in [-0.3, -0.25) is 0 Å². The number of fused-ring (bicyclic) bond motifs is 5. The molecule has 1 aromatic carbocycles. The Hall–Kier alpha value is -0.980. The molecule has 3 saturated carbocycles. The van der Waals surface area contributed by atoms with E-state index in [1.54, 1.807) is 6.42 Å². The van der Waals surface area contributed by atoms with Crippen LogP contribution in [0.25, 0.3) is 0 Å². The van der Waals surface area contributed by atoms with Gasteiger partial charge in [-0.1, -0.05) is 24.6 Å². The molecule has 2 bridgehead atoms. The van der Waals surface area contributed by atoms with Crippen LogP contribution >= 0.6 is 11.8 Å². The third kappa shape index (κ3) is 3.04. The molecular weight excluding hydrogens is 300 g/mol. The van der Waals surface area contributed by atoms with Gasteiger partial charge < -0.3 is 5.32 Å². The molecule has 0 spiro atoms. The third-order valence-corrected chi connectivity index (χ3v) is 7.65. The lowest BCUT2D eigenvalue weighted by Gasteiger charge is -2.29. The molecular formula is C20H27N2S+. The molecule has 23 heavy (non-hydrogen) atoms. The lowest BCUT2D eigenvalue weighted by atomic mass is 9.79. The fourth-order valence-corrected chi connectivity index (χ4v) is 6.61. The van der Waals surface area contributed by atoms with Gasteiger partial charge in [-0.15, -0.1) is 0 Å². The van der Waals surface area contributed by atoms with Gasteiger partial charge in [-0.2, -0.15) is 17.0 Å². The largest absolute Gasteiger partial charge is 0.343 e. The van der Waals surface area contributed by atoms with E-state index in [9.17, 15) is 0 Å². The maximum Gasteiger partial charge on any atom is 0.0994 e. The normalized spacial score (nSPS) is 34.5. The summed E-state index contributed by atoms with van der Waals surface area (Å²) in [5.74, 6) is 6.48. The van der Waals surface area contributed by atoms with Crippen LogP contribution in [0, 0.1) is 35.0 Å². The highest BCUT2D eigenvalue weighted by atomic mass is 32.2. The highest BCUT2D eigenvalue weighted by Gasteiger charge is 2.55. The molecule has 2 nitrogen and oxygen atoms in total. The standard InChI is InChI=1S/C20H26N2S/c21-12-14-4-1-2-5-15(14)13-23-9-8-22-20-11-16-10-19(20)18-7-3-6-17(16)18/h1-2,4-5,16-20,22H,3,6-11,13H2/p+1/t16-,17-,18+,19-,20+/m1/s1. The second-order valence-electron chi connectivity index (χ2n) is 7.66. The van der Waals surface area contributed by atoms with E-state index in [1.807, 2.05) is 30.0 Å². The van der Waals surface area contributed by atoms with E-state index in [2.05, 4.69) is 17.5 Å². The highest BCUT2D eigenvalue weighted by molar-refractivity contribution is 7.98. The van der Waals surface area contributed by atoms with Crippen molar-refractivity contribution >= 4 is 11.8 Å². The predicted octanol–water partition coefficient (Wildman–Crippen LogP) is 3.18. The number of thioether (sulfide) groups is 1. The molecule has 3 heteroatoms. The van der Waals surface area contributed by atoms with E-state index in [-0.39, 0.29) is 0 Å². The van der Waals surface area contributed by atoms with Crippen molar-refractivity contribution in [1.29, 1.82) is 5.26 Å². The summed E-state index contributed by atoms with van der Waals surface area (Å²) in [6.45, 7) is 1.24. The maximum atomic E-state index is 9.13. The first-order chi connectivity index (χ1) is 11.4. The Labute approximate surface area is 144 Å². The highest BCUT2D eigenvalue weighted by Crippen LogP contribution is 2.57. The fraction of sp³-hybridized carbons (Fsp3) is 0.650. The second kappa shape index (κ2) is 6.87. The van der Waals surface area contributed by atoms with Crippen molar-refractivity contribution in [2.24, 2.45) is 23.7 Å². The Morgan fingerprint density at radius 2 is 2.00 bits per heavy atom. The van der Waals surface area contributed by atoms with Crippen LogP contribution in [-0.2, 0) is 5.75 Å². The summed E-state index contributed by atoms with van der Waals surface area (Å²) < 4.78 is 0. The van der Waals surface area contributed by atoms with Gasteiger partial charge in [0.05, 0.1) is 24.2 Å². The summed E-state index contributed by atoms with van der Waals surface area (Å²) >= 11 is 1.98. The van der Waals surface area contributed by atoms with Gasteiger partial charge in [0.25, 0.3) is 0 Å². The number of nitrogens with two attached hydrogens (primary N) is 1. The van der Waals surface area contributed by atoms with Crippen molar-refractivity contribution < 1.29 is 5.32 Å². The van der Waals surface area contributed by atoms with Crippen LogP contribution in [-0.4, -0.2) is 18.3 Å². The second-order valence-corrected chi connectivity index (χ2v) is 8.77. The summed E-state index contributed by atoms with van der Waals surface area (Å²) in [4.78, 5) is 0. The molecule has 0 radical (unpaired) electrons. The van der Waals surface area contributed by atoms with Crippen LogP contribution in [0.5, 0.6) is 0 Å². The lowest BCUT2D eigenvalue weighted by molar-refractivity contribution is -0.692. The van der Waals surface area contributed by atoms with Crippen LogP contribution in [0.1, 0.15) is 43.2 Å². The molecule has 3 aliphatic rings. The average Bonchev–Trinajstić information content (AvgIpc) is 3.27. The average molecular weight is 328 g/mol. The molecule has 1 aromatic rings. The number of nitrogens with zero attached hydrogens (tertiary/aromatic N) is 1. The quantitative estimate of drug-likeness (QED) is 0.815. The van der Waals surface area contributed by atoms with Gasteiger partial charge in [0, 0.05) is 23.8 Å². The zero-order chi connectivity index (χ0) is 15.6. The van der Waals surface area contributed by atoms with E-state index in [1.165, 1.54) is 43.5 Å². The van der Waals surface area contributed by atoms with Crippen molar-refractivity contribution in [3.05, 3.63) is 35.4 Å². The van der Waals surface area contributed by atoms with Crippen molar-refractivity contribution in [2.45, 2.75) is 43.9 Å². The molecule has 4 rings (SSSR count). The van der Waals surface area contributed by atoms with Gasteiger partial charge in [-0.25, -0.2) is 0 Å². The molecule has 122 valence electrons. The number of hydrogen-bond donors (Lipinski definition) is 1. The first kappa shape index (κ1) is 15.5. The minimum Gasteiger partial charge on any atom is -0.343 e. The SMILES string of the molecule is N#Cc1ccccc1CSCC[NH2+][C@H]1C[C@H]2C[C@@H]1[C@H]1CCC[C@H]21. The number of benzene rings is 1. The number of rotatable bonds is 6. The first-order valence-corrected chi connectivity index (χ1v) is 10.4. The summed E-state index contributed by atoms with van der Waals surface area (Å²) in [5.41, 5.74) is 2.03. The van der Waals surface area contributed by atoms with Crippen molar-refractivity contribution in [3.63, 3.8) is 0 Å². The minimum atomic E-state index is 0.837. The number of nitriles is 1. The van der Waals surface area contributed by atoms with Crippen LogP contribution in [0.4, 0.5) is 0 Å². The maximum absolute atomic E-state index is 9.13. The van der Waals surface area contributed by atoms with Crippen LogP contribution in [0.15, 0.2) is 24.3 Å². The van der Waals surface area contributed by atoms with Crippen LogP contribution < -0.4 is 5.32 Å². The number of quaternary nitrogens is 1. The summed E-state index contributed by atoms with van der Waals surface area (Å²) in [5, 5.41) is 11.8. The smallest absolute Gasteiger partial charge is 0.0994 e. The molecule has 0 aliphatic heterocycles. The summed E-state index contributed by atoms with van der Waals surface area (Å²) in [6, 6.07) is 11.2. The zero-order valence-electron chi connectivity index (χ0n) is 13.8. The van der Waals surface area contributed by atoms with Gasteiger partial charge in [0.15, 0.2) is 0 Å². The summed E-state index contributed by atoms with van der Waals surface area (Å²) in [6.07, 6.45) is 7.60. The van der Waals surface area contributed by atoms with Gasteiger partial charge >= 0.3 is 0 Å². The molecule has 5 atom stereocenters. The Kier molecular flexibility index (Phi) is 4.64. The predicted molar refractivity (Wildman–Crippen MR) is 94.9 cm³/mol. The molecule has 3 aliphatic carbocycles. The molecule has 0 heterocycles. The molecule has 0 amide bonds. The van der Waals surface area contributed by atoms with Crippen molar-refractivity contribution in [3.8, 4) is 6.07 Å². The minimum absolute atomic E-state index is 0.837. The van der Waals surface area contributed by atoms with Gasteiger partial charge in [0.1, 0.15) is 0 Å². The Balaban J connectivity index is 1.19. The van der Waals surface area contributed by atoms with E-state index in [0.29, 0.717) is 0 Å². The lowest BCUT2D eigenvalue weighted by Crippen LogP contribution is -2.92. The molecule has 3 fully saturated rings. The van der Waals surface area contributed by atoms with Crippen LogP contribution in [0.3, 0.4) is 0 Å². The third-order valence-electron chi connectivity index (χ3n) is 6.61. The van der Waals surface area contributed by atoms with Crippen molar-refractivity contribution in [1.82, 2.24) is 0 Å². The molecule has 0 saturated heterocycles. The zero-order valence-corrected chi connectivity index (χ0v) is 14.6. The Bertz CT molecular complexity index is 594. The van der Waals surface area contributed by atoms with Gasteiger partial charge in [0.2, 0.25) is 0 Å². The number of hydrogen-bond acceptors (Lipinski definition) is 2. The Morgan fingerprint density at radius 3 is 2.91 bits per heavy atom. The van der Waals surface area contributed by atoms with Crippen molar-refractivity contribution in [2.75, 3.05) is 12.3 Å². The molecule has 0 aromatic heterocycles. The van der Waals surface area contributed by atoms with E-state index in [4.69, 9.17) is 5.26 Å². The van der Waals surface area contributed by atoms with Crippen LogP contribution in [0.2, 0.25) is 0 Å². The van der Waals surface area contributed by atoms with E-state index >= 15 is 0 Å². The van der Waals surface area contributed by atoms with E-state index < -0.39 is 0 Å². The first-order valence-electron chi connectivity index (χ1n) is 9.26. The monoisotopic (exact) mass is 327 g/mol. The van der Waals surface area contributed by atoms with E-state index in [0.717, 1.165) is 41.0 Å². The summed E-state index contributed by atoms with van der Waals surface area (Å²) in [7, 11) is 0.